The van der Waals surface area contributed by atoms with Crippen LogP contribution in [0.3, 0.4) is 0 Å². The summed E-state index contributed by atoms with van der Waals surface area (Å²) >= 11 is 1.59. The highest BCUT2D eigenvalue weighted by Crippen LogP contribution is 2.10. The van der Waals surface area contributed by atoms with Gasteiger partial charge in [-0.15, -0.1) is 11.3 Å². The highest BCUT2D eigenvalue weighted by Gasteiger charge is 2.04. The van der Waals surface area contributed by atoms with E-state index in [9.17, 15) is 4.79 Å². The van der Waals surface area contributed by atoms with Gasteiger partial charge in [0.25, 0.3) is 0 Å². The fourth-order valence-electron chi connectivity index (χ4n) is 1.37. The number of amides is 1. The smallest absolute Gasteiger partial charge is 0.220 e. The van der Waals surface area contributed by atoms with Crippen molar-refractivity contribution in [1.82, 2.24) is 14.7 Å². The van der Waals surface area contributed by atoms with Crippen LogP contribution in [0.5, 0.6) is 0 Å². The van der Waals surface area contributed by atoms with Gasteiger partial charge in [0.1, 0.15) is 0 Å². The van der Waals surface area contributed by atoms with Crippen LogP contribution < -0.4 is 5.32 Å². The molecule has 1 N–H and O–H groups in total. The van der Waals surface area contributed by atoms with Gasteiger partial charge in [-0.05, 0) is 6.42 Å². The molecule has 0 aromatic carbocycles. The van der Waals surface area contributed by atoms with Crippen LogP contribution in [-0.4, -0.2) is 15.3 Å². The van der Waals surface area contributed by atoms with Gasteiger partial charge in [-0.3, -0.25) is 9.20 Å². The second-order valence-corrected chi connectivity index (χ2v) is 4.22. The average Bonchev–Trinajstić information content (AvgIpc) is 2.74. The van der Waals surface area contributed by atoms with Gasteiger partial charge in [0.15, 0.2) is 4.96 Å². The summed E-state index contributed by atoms with van der Waals surface area (Å²) in [6.45, 7) is 2.51. The number of hydrogen-bond acceptors (Lipinski definition) is 3. The van der Waals surface area contributed by atoms with E-state index in [0.29, 0.717) is 13.0 Å². The number of aromatic nitrogens is 2. The molecule has 2 aromatic heterocycles. The van der Waals surface area contributed by atoms with Gasteiger partial charge in [0, 0.05) is 24.2 Å². The van der Waals surface area contributed by atoms with Crippen LogP contribution in [0.25, 0.3) is 4.96 Å². The van der Waals surface area contributed by atoms with Gasteiger partial charge in [0.2, 0.25) is 5.91 Å². The van der Waals surface area contributed by atoms with E-state index in [1.165, 1.54) is 0 Å². The monoisotopic (exact) mass is 223 g/mol. The maximum absolute atomic E-state index is 11.2. The minimum absolute atomic E-state index is 0.0915. The van der Waals surface area contributed by atoms with Crippen molar-refractivity contribution < 1.29 is 4.79 Å². The summed E-state index contributed by atoms with van der Waals surface area (Å²) in [6.07, 6.45) is 5.37. The van der Waals surface area contributed by atoms with Crippen molar-refractivity contribution in [3.63, 3.8) is 0 Å². The molecule has 5 heteroatoms. The van der Waals surface area contributed by atoms with Crippen LogP contribution >= 0.6 is 11.3 Å². The van der Waals surface area contributed by atoms with E-state index in [2.05, 4.69) is 10.3 Å². The van der Waals surface area contributed by atoms with Gasteiger partial charge in [-0.1, -0.05) is 6.92 Å². The summed E-state index contributed by atoms with van der Waals surface area (Å²) in [7, 11) is 0. The Kier molecular flexibility index (Phi) is 3.01. The van der Waals surface area contributed by atoms with Gasteiger partial charge >= 0.3 is 0 Å². The normalized spacial score (nSPS) is 10.7. The van der Waals surface area contributed by atoms with Crippen LogP contribution in [0.1, 0.15) is 25.5 Å². The van der Waals surface area contributed by atoms with Gasteiger partial charge in [0.05, 0.1) is 12.2 Å². The lowest BCUT2D eigenvalue weighted by atomic mass is 10.3. The molecule has 2 rings (SSSR count). The Morgan fingerprint density at radius 1 is 1.67 bits per heavy atom. The van der Waals surface area contributed by atoms with Gasteiger partial charge in [-0.2, -0.15) is 0 Å². The third-order valence-electron chi connectivity index (χ3n) is 2.09. The lowest BCUT2D eigenvalue weighted by Gasteiger charge is -2.00. The summed E-state index contributed by atoms with van der Waals surface area (Å²) in [6, 6.07) is 0. The van der Waals surface area contributed by atoms with Crippen LogP contribution in [0, 0.1) is 0 Å². The molecule has 0 saturated heterocycles. The third kappa shape index (κ3) is 2.36. The summed E-state index contributed by atoms with van der Waals surface area (Å²) in [5.41, 5.74) is 0.909. The Hall–Kier alpha value is -1.36. The first-order valence-corrected chi connectivity index (χ1v) is 5.85. The molecular formula is C10H13N3OS. The molecule has 0 fully saturated rings. The molecule has 0 saturated carbocycles. The van der Waals surface area contributed by atoms with Crippen LogP contribution in [0.15, 0.2) is 17.8 Å². The van der Waals surface area contributed by atoms with Crippen molar-refractivity contribution in [3.8, 4) is 0 Å². The molecule has 0 aliphatic carbocycles. The topological polar surface area (TPSA) is 46.4 Å². The average molecular weight is 223 g/mol. The minimum atomic E-state index is 0.0915. The van der Waals surface area contributed by atoms with Crippen LogP contribution in [0.4, 0.5) is 0 Å². The molecule has 0 spiro atoms. The summed E-state index contributed by atoms with van der Waals surface area (Å²) < 4.78 is 1.96. The Balaban J connectivity index is 1.95. The summed E-state index contributed by atoms with van der Waals surface area (Å²) in [4.78, 5) is 16.6. The van der Waals surface area contributed by atoms with Crippen molar-refractivity contribution in [3.05, 3.63) is 23.5 Å². The van der Waals surface area contributed by atoms with E-state index < -0.39 is 0 Å². The number of fused-ring (bicyclic) bond motifs is 1. The van der Waals surface area contributed by atoms with E-state index in [1.807, 2.05) is 29.1 Å². The van der Waals surface area contributed by atoms with Crippen molar-refractivity contribution in [2.24, 2.45) is 0 Å². The molecule has 15 heavy (non-hydrogen) atoms. The molecule has 2 heterocycles. The maximum Gasteiger partial charge on any atom is 0.220 e. The van der Waals surface area contributed by atoms with E-state index in [1.54, 1.807) is 11.3 Å². The number of nitrogens with one attached hydrogen (secondary N) is 1. The second kappa shape index (κ2) is 4.44. The predicted octanol–water partition coefficient (Wildman–Crippen LogP) is 1.81. The van der Waals surface area contributed by atoms with Crippen molar-refractivity contribution in [2.45, 2.75) is 26.3 Å². The molecule has 0 bridgehead atoms. The molecule has 0 atom stereocenters. The van der Waals surface area contributed by atoms with Gasteiger partial charge < -0.3 is 5.32 Å². The first-order valence-electron chi connectivity index (χ1n) is 4.97. The SMILES string of the molecule is CCCC(=O)NCc1cn2ccsc2n1. The number of imidazole rings is 1. The summed E-state index contributed by atoms with van der Waals surface area (Å²) in [5.74, 6) is 0.0915. The molecular weight excluding hydrogens is 210 g/mol. The second-order valence-electron chi connectivity index (χ2n) is 3.35. The Morgan fingerprint density at radius 3 is 3.27 bits per heavy atom. The number of rotatable bonds is 4. The summed E-state index contributed by atoms with van der Waals surface area (Å²) in [5, 5.41) is 4.83. The Bertz CT molecular complexity index is 431. The lowest BCUT2D eigenvalue weighted by molar-refractivity contribution is -0.121. The van der Waals surface area contributed by atoms with E-state index in [0.717, 1.165) is 17.1 Å². The lowest BCUT2D eigenvalue weighted by Crippen LogP contribution is -2.22. The molecule has 0 radical (unpaired) electrons. The zero-order valence-electron chi connectivity index (χ0n) is 8.56. The van der Waals surface area contributed by atoms with E-state index in [-0.39, 0.29) is 5.91 Å². The van der Waals surface area contributed by atoms with Crippen LogP contribution in [-0.2, 0) is 11.3 Å². The fraction of sp³-hybridized carbons (Fsp3) is 0.400. The van der Waals surface area contributed by atoms with E-state index >= 15 is 0 Å². The quantitative estimate of drug-likeness (QED) is 0.859. The molecule has 4 nitrogen and oxygen atoms in total. The first kappa shape index (κ1) is 10.2. The number of carbonyl (C=O) groups excluding carboxylic acids is 1. The number of thiazole rings is 1. The van der Waals surface area contributed by atoms with Crippen molar-refractivity contribution in [2.75, 3.05) is 0 Å². The van der Waals surface area contributed by atoms with Gasteiger partial charge in [-0.25, -0.2) is 4.98 Å². The van der Waals surface area contributed by atoms with Crippen molar-refractivity contribution >= 4 is 22.2 Å². The van der Waals surface area contributed by atoms with E-state index in [4.69, 9.17) is 0 Å². The van der Waals surface area contributed by atoms with Crippen LogP contribution in [0.2, 0.25) is 0 Å². The molecule has 1 amide bonds. The molecule has 0 aliphatic rings. The zero-order chi connectivity index (χ0) is 10.7. The zero-order valence-corrected chi connectivity index (χ0v) is 9.38. The number of nitrogens with zero attached hydrogens (tertiary/aromatic N) is 2. The maximum atomic E-state index is 11.2. The third-order valence-corrected chi connectivity index (χ3v) is 2.86. The minimum Gasteiger partial charge on any atom is -0.350 e. The molecule has 0 aliphatic heterocycles. The van der Waals surface area contributed by atoms with Crippen molar-refractivity contribution in [1.29, 1.82) is 0 Å². The molecule has 2 aromatic rings. The largest absolute Gasteiger partial charge is 0.350 e. The molecule has 80 valence electrons. The fourth-order valence-corrected chi connectivity index (χ4v) is 2.08. The Labute approximate surface area is 91.9 Å². The first-order chi connectivity index (χ1) is 7.29. The number of hydrogen-bond donors (Lipinski definition) is 1. The Morgan fingerprint density at radius 2 is 2.53 bits per heavy atom. The standard InChI is InChI=1S/C10H13N3OS/c1-2-3-9(14)11-6-8-7-13-4-5-15-10(13)12-8/h4-5,7H,2-3,6H2,1H3,(H,11,14). The highest BCUT2D eigenvalue weighted by atomic mass is 32.1. The molecule has 0 unspecified atom stereocenters. The highest BCUT2D eigenvalue weighted by molar-refractivity contribution is 7.15. The number of carbonyl (C=O) groups is 1. The predicted molar refractivity (Wildman–Crippen MR) is 59.8 cm³/mol.